The van der Waals surface area contributed by atoms with Gasteiger partial charge in [0.25, 0.3) is 0 Å². The number of benzene rings is 2. The molecule has 2 aromatic carbocycles. The van der Waals surface area contributed by atoms with Crippen molar-refractivity contribution in [3.05, 3.63) is 78.4 Å². The number of nitrogens with one attached hydrogen (secondary N) is 1. The quantitative estimate of drug-likeness (QED) is 0.620. The fourth-order valence-corrected chi connectivity index (χ4v) is 3.25. The molecule has 2 unspecified atom stereocenters. The van der Waals surface area contributed by atoms with Gasteiger partial charge in [-0.2, -0.15) is 4.52 Å². The van der Waals surface area contributed by atoms with E-state index in [9.17, 15) is 0 Å². The first-order valence-electron chi connectivity index (χ1n) is 8.48. The van der Waals surface area contributed by atoms with Crippen molar-refractivity contribution < 1.29 is 0 Å². The first-order valence-corrected chi connectivity index (χ1v) is 8.48. The Kier molecular flexibility index (Phi) is 3.23. The van der Waals surface area contributed by atoms with Gasteiger partial charge in [0.15, 0.2) is 11.5 Å². The van der Waals surface area contributed by atoms with Crippen LogP contribution in [0.3, 0.4) is 0 Å². The van der Waals surface area contributed by atoms with Crippen molar-refractivity contribution in [3.8, 4) is 11.4 Å². The summed E-state index contributed by atoms with van der Waals surface area (Å²) in [6, 6.07) is 25.0. The summed E-state index contributed by atoms with van der Waals surface area (Å²) < 4.78 is 1.80. The van der Waals surface area contributed by atoms with Crippen molar-refractivity contribution in [1.82, 2.24) is 19.8 Å². The molecule has 2 heterocycles. The zero-order valence-corrected chi connectivity index (χ0v) is 13.6. The van der Waals surface area contributed by atoms with E-state index >= 15 is 0 Å². The van der Waals surface area contributed by atoms with Crippen LogP contribution in [0.5, 0.6) is 0 Å². The van der Waals surface area contributed by atoms with E-state index in [1.807, 2.05) is 42.5 Å². The van der Waals surface area contributed by atoms with Crippen LogP contribution in [-0.2, 0) is 0 Å². The van der Waals surface area contributed by atoms with E-state index in [2.05, 4.69) is 45.8 Å². The van der Waals surface area contributed by atoms with Crippen molar-refractivity contribution in [1.29, 1.82) is 0 Å². The van der Waals surface area contributed by atoms with Gasteiger partial charge in [0.05, 0.1) is 0 Å². The average molecular weight is 327 g/mol. The summed E-state index contributed by atoms with van der Waals surface area (Å²) in [4.78, 5) is 0. The Labute approximate surface area is 145 Å². The number of hydrogen-bond donors (Lipinski definition) is 1. The van der Waals surface area contributed by atoms with Crippen LogP contribution < -0.4 is 5.32 Å². The highest BCUT2D eigenvalue weighted by molar-refractivity contribution is 5.59. The van der Waals surface area contributed by atoms with Crippen molar-refractivity contribution in [2.45, 2.75) is 18.4 Å². The van der Waals surface area contributed by atoms with Gasteiger partial charge in [-0.05, 0) is 24.1 Å². The Hall–Kier alpha value is -3.21. The van der Waals surface area contributed by atoms with Crippen LogP contribution in [-0.4, -0.2) is 25.9 Å². The Morgan fingerprint density at radius 2 is 1.60 bits per heavy atom. The molecule has 5 heteroatoms. The first-order chi connectivity index (χ1) is 12.4. The maximum absolute atomic E-state index is 4.70. The van der Waals surface area contributed by atoms with Crippen LogP contribution >= 0.6 is 0 Å². The molecule has 5 rings (SSSR count). The van der Waals surface area contributed by atoms with Crippen molar-refractivity contribution >= 4 is 11.5 Å². The summed E-state index contributed by atoms with van der Waals surface area (Å²) in [6.45, 7) is 0. The second kappa shape index (κ2) is 5.70. The van der Waals surface area contributed by atoms with E-state index in [-0.39, 0.29) is 0 Å². The van der Waals surface area contributed by atoms with E-state index in [0.29, 0.717) is 12.0 Å². The molecule has 0 spiro atoms. The van der Waals surface area contributed by atoms with Crippen LogP contribution in [0.1, 0.15) is 17.9 Å². The lowest BCUT2D eigenvalue weighted by Gasteiger charge is -2.06. The predicted octanol–water partition coefficient (Wildman–Crippen LogP) is 3.76. The Morgan fingerprint density at radius 1 is 0.840 bits per heavy atom. The van der Waals surface area contributed by atoms with Crippen LogP contribution in [0.4, 0.5) is 5.82 Å². The second-order valence-electron chi connectivity index (χ2n) is 6.38. The highest BCUT2D eigenvalue weighted by Gasteiger charge is 2.38. The van der Waals surface area contributed by atoms with Crippen LogP contribution in [0, 0.1) is 0 Å². The van der Waals surface area contributed by atoms with Crippen LogP contribution in [0.25, 0.3) is 17.0 Å². The second-order valence-corrected chi connectivity index (χ2v) is 6.38. The van der Waals surface area contributed by atoms with Crippen molar-refractivity contribution in [2.24, 2.45) is 0 Å². The van der Waals surface area contributed by atoms with E-state index < -0.39 is 0 Å². The molecule has 0 bridgehead atoms. The van der Waals surface area contributed by atoms with Crippen LogP contribution in [0.2, 0.25) is 0 Å². The third-order valence-corrected chi connectivity index (χ3v) is 4.65. The predicted molar refractivity (Wildman–Crippen MR) is 97.4 cm³/mol. The fraction of sp³-hybridized carbons (Fsp3) is 0.150. The maximum atomic E-state index is 4.70. The highest BCUT2D eigenvalue weighted by atomic mass is 15.4. The smallest absolute Gasteiger partial charge is 0.185 e. The molecule has 1 saturated carbocycles. The van der Waals surface area contributed by atoms with Crippen molar-refractivity contribution in [2.75, 3.05) is 5.32 Å². The monoisotopic (exact) mass is 327 g/mol. The van der Waals surface area contributed by atoms with Crippen LogP contribution in [0.15, 0.2) is 72.8 Å². The van der Waals surface area contributed by atoms with Gasteiger partial charge < -0.3 is 5.32 Å². The topological polar surface area (TPSA) is 55.1 Å². The molecule has 2 aromatic heterocycles. The SMILES string of the molecule is c1ccc(-c2nnc3ccc(NC4CC4c4ccccc4)nn23)cc1. The minimum atomic E-state index is 0.434. The third-order valence-electron chi connectivity index (χ3n) is 4.65. The molecule has 25 heavy (non-hydrogen) atoms. The molecule has 4 aromatic rings. The van der Waals surface area contributed by atoms with Gasteiger partial charge in [0.2, 0.25) is 0 Å². The standard InChI is InChI=1S/C20H17N5/c1-3-7-14(8-4-1)16-13-17(16)21-18-11-12-19-22-23-20(25(19)24-18)15-9-5-2-6-10-15/h1-12,16-17H,13H2,(H,21,24). The van der Waals surface area contributed by atoms with Gasteiger partial charge >= 0.3 is 0 Å². The third kappa shape index (κ3) is 2.63. The van der Waals surface area contributed by atoms with Gasteiger partial charge in [-0.25, -0.2) is 0 Å². The van der Waals surface area contributed by atoms with E-state index in [1.54, 1.807) is 4.52 Å². The molecule has 1 fully saturated rings. The van der Waals surface area contributed by atoms with E-state index in [4.69, 9.17) is 5.10 Å². The molecule has 0 saturated heterocycles. The van der Waals surface area contributed by atoms with Gasteiger partial charge in [0, 0.05) is 17.5 Å². The minimum absolute atomic E-state index is 0.434. The summed E-state index contributed by atoms with van der Waals surface area (Å²) in [5.41, 5.74) is 3.14. The molecule has 1 aliphatic rings. The number of hydrogen-bond acceptors (Lipinski definition) is 4. The summed E-state index contributed by atoms with van der Waals surface area (Å²) in [7, 11) is 0. The van der Waals surface area contributed by atoms with Gasteiger partial charge in [-0.15, -0.1) is 15.3 Å². The number of anilines is 1. The number of nitrogens with zero attached hydrogens (tertiary/aromatic N) is 4. The lowest BCUT2D eigenvalue weighted by atomic mass is 10.1. The molecular formula is C20H17N5. The molecular weight excluding hydrogens is 310 g/mol. The molecule has 0 amide bonds. The lowest BCUT2D eigenvalue weighted by molar-refractivity contribution is 0.918. The van der Waals surface area contributed by atoms with Gasteiger partial charge in [0.1, 0.15) is 5.82 Å². The summed E-state index contributed by atoms with van der Waals surface area (Å²) >= 11 is 0. The van der Waals surface area contributed by atoms with Crippen molar-refractivity contribution in [3.63, 3.8) is 0 Å². The molecule has 2 atom stereocenters. The molecule has 0 radical (unpaired) electrons. The molecule has 122 valence electrons. The number of fused-ring (bicyclic) bond motifs is 1. The summed E-state index contributed by atoms with van der Waals surface area (Å²) in [5, 5.41) is 16.7. The Bertz CT molecular complexity index is 1010. The first kappa shape index (κ1) is 14.2. The average Bonchev–Trinajstić information content (AvgIpc) is 3.31. The fourth-order valence-electron chi connectivity index (χ4n) is 3.25. The number of aromatic nitrogens is 4. The van der Waals surface area contributed by atoms with Gasteiger partial charge in [-0.1, -0.05) is 60.7 Å². The zero-order valence-electron chi connectivity index (χ0n) is 13.6. The van der Waals surface area contributed by atoms with E-state index in [1.165, 1.54) is 5.56 Å². The Balaban J connectivity index is 1.42. The van der Waals surface area contributed by atoms with Gasteiger partial charge in [-0.3, -0.25) is 0 Å². The minimum Gasteiger partial charge on any atom is -0.365 e. The summed E-state index contributed by atoms with van der Waals surface area (Å²) in [5.74, 6) is 2.18. The highest BCUT2D eigenvalue weighted by Crippen LogP contribution is 2.42. The molecule has 5 nitrogen and oxygen atoms in total. The molecule has 1 N–H and O–H groups in total. The normalized spacial score (nSPS) is 19.0. The number of rotatable bonds is 4. The lowest BCUT2D eigenvalue weighted by Crippen LogP contribution is -2.08. The van der Waals surface area contributed by atoms with E-state index in [0.717, 1.165) is 29.3 Å². The largest absolute Gasteiger partial charge is 0.365 e. The zero-order chi connectivity index (χ0) is 16.6. The maximum Gasteiger partial charge on any atom is 0.185 e. The molecule has 0 aliphatic heterocycles. The Morgan fingerprint density at radius 3 is 2.40 bits per heavy atom. The molecule has 1 aliphatic carbocycles. The summed E-state index contributed by atoms with van der Waals surface area (Å²) in [6.07, 6.45) is 1.14.